The van der Waals surface area contributed by atoms with Crippen molar-refractivity contribution in [2.75, 3.05) is 63.8 Å². The van der Waals surface area contributed by atoms with E-state index in [9.17, 15) is 13.2 Å². The molecule has 1 amide bonds. The summed E-state index contributed by atoms with van der Waals surface area (Å²) in [4.78, 5) is 23.9. The molecule has 0 bridgehead atoms. The zero-order chi connectivity index (χ0) is 22.9. The molecule has 4 heterocycles. The third kappa shape index (κ3) is 4.82. The Morgan fingerprint density at radius 3 is 2.44 bits per heavy atom. The van der Waals surface area contributed by atoms with Crippen LogP contribution in [0.25, 0.3) is 0 Å². The van der Waals surface area contributed by atoms with Gasteiger partial charge in [-0.3, -0.25) is 9.69 Å². The molecule has 0 N–H and O–H groups in total. The quantitative estimate of drug-likeness (QED) is 0.624. The molecule has 0 aromatic carbocycles. The molecule has 10 nitrogen and oxygen atoms in total. The fourth-order valence-electron chi connectivity index (χ4n) is 4.25. The van der Waals surface area contributed by atoms with Crippen LogP contribution >= 0.6 is 11.3 Å². The molecule has 0 saturated carbocycles. The molecular formula is C20H30N6O4S2. The largest absolute Gasteiger partial charge is 0.360 e. The van der Waals surface area contributed by atoms with Crippen molar-refractivity contribution in [1.29, 1.82) is 0 Å². The minimum atomic E-state index is -3.67. The van der Waals surface area contributed by atoms with Crippen molar-refractivity contribution in [3.05, 3.63) is 22.5 Å². The van der Waals surface area contributed by atoms with Gasteiger partial charge < -0.3 is 14.3 Å². The maximum atomic E-state index is 13.0. The number of aryl methyl sites for hydroxylation is 3. The van der Waals surface area contributed by atoms with Crippen molar-refractivity contribution in [3.63, 3.8) is 0 Å². The van der Waals surface area contributed by atoms with Gasteiger partial charge in [0.1, 0.15) is 10.6 Å². The van der Waals surface area contributed by atoms with E-state index in [0.29, 0.717) is 31.1 Å². The summed E-state index contributed by atoms with van der Waals surface area (Å²) in [5.41, 5.74) is 1.40. The fourth-order valence-corrected chi connectivity index (χ4v) is 6.82. The average molecular weight is 483 g/mol. The normalized spacial score (nSPS) is 19.3. The summed E-state index contributed by atoms with van der Waals surface area (Å²) in [5, 5.41) is 6.87. The minimum Gasteiger partial charge on any atom is -0.360 e. The lowest BCUT2D eigenvalue weighted by Crippen LogP contribution is -2.52. The highest BCUT2D eigenvalue weighted by molar-refractivity contribution is 7.89. The van der Waals surface area contributed by atoms with Gasteiger partial charge in [0.25, 0.3) is 0 Å². The van der Waals surface area contributed by atoms with Gasteiger partial charge in [0.2, 0.25) is 15.9 Å². The van der Waals surface area contributed by atoms with Crippen LogP contribution in [0.4, 0.5) is 5.13 Å². The maximum Gasteiger partial charge on any atom is 0.248 e. The number of hydrogen-bond donors (Lipinski definition) is 0. The van der Waals surface area contributed by atoms with Crippen molar-refractivity contribution in [2.45, 2.75) is 32.1 Å². The number of carbonyl (C=O) groups is 1. The Labute approximate surface area is 192 Å². The number of hydrogen-bond acceptors (Lipinski definition) is 9. The van der Waals surface area contributed by atoms with Crippen molar-refractivity contribution in [1.82, 2.24) is 24.2 Å². The van der Waals surface area contributed by atoms with Crippen LogP contribution in [0.2, 0.25) is 0 Å². The summed E-state index contributed by atoms with van der Waals surface area (Å²) < 4.78 is 32.4. The fraction of sp³-hybridized carbons (Fsp3) is 0.650. The van der Waals surface area contributed by atoms with E-state index in [1.807, 2.05) is 6.92 Å². The molecule has 0 unspecified atom stereocenters. The predicted molar refractivity (Wildman–Crippen MR) is 121 cm³/mol. The van der Waals surface area contributed by atoms with Crippen LogP contribution in [0.5, 0.6) is 0 Å². The Morgan fingerprint density at radius 1 is 1.06 bits per heavy atom. The van der Waals surface area contributed by atoms with Gasteiger partial charge in [-0.1, -0.05) is 5.16 Å². The summed E-state index contributed by atoms with van der Waals surface area (Å²) in [6.45, 7) is 10.4. The molecule has 0 atom stereocenters. The average Bonchev–Trinajstić information content (AvgIpc) is 3.26. The van der Waals surface area contributed by atoms with Gasteiger partial charge in [-0.15, -0.1) is 11.3 Å². The number of rotatable bonds is 5. The molecule has 2 aromatic rings. The first kappa shape index (κ1) is 23.1. The first-order valence-electron chi connectivity index (χ1n) is 10.9. The lowest BCUT2D eigenvalue weighted by Gasteiger charge is -2.35. The van der Waals surface area contributed by atoms with Gasteiger partial charge in [-0.05, 0) is 27.2 Å². The smallest absolute Gasteiger partial charge is 0.248 e. The Hall–Kier alpha value is -2.02. The van der Waals surface area contributed by atoms with Gasteiger partial charge in [0.15, 0.2) is 10.9 Å². The van der Waals surface area contributed by atoms with Crippen LogP contribution in [-0.2, 0) is 14.8 Å². The lowest BCUT2D eigenvalue weighted by molar-refractivity contribution is -0.133. The number of piperazine rings is 1. The maximum absolute atomic E-state index is 13.0. The molecule has 2 fully saturated rings. The third-order valence-electron chi connectivity index (χ3n) is 5.98. The zero-order valence-electron chi connectivity index (χ0n) is 18.8. The van der Waals surface area contributed by atoms with Crippen LogP contribution in [0.3, 0.4) is 0 Å². The van der Waals surface area contributed by atoms with Gasteiger partial charge in [0, 0.05) is 57.7 Å². The minimum absolute atomic E-state index is 0.0536. The number of sulfonamides is 1. The van der Waals surface area contributed by atoms with Gasteiger partial charge in [0.05, 0.1) is 12.2 Å². The number of aromatic nitrogens is 2. The highest BCUT2D eigenvalue weighted by Gasteiger charge is 2.34. The molecule has 0 radical (unpaired) electrons. The van der Waals surface area contributed by atoms with Gasteiger partial charge in [-0.2, -0.15) is 4.31 Å². The van der Waals surface area contributed by atoms with E-state index in [1.165, 1.54) is 4.31 Å². The Bertz CT molecular complexity index is 1040. The standard InChI is InChI=1S/C20H30N6O4S2/c1-15-14-31-20(21-15)25-6-4-5-23(7-8-25)13-18(27)24-9-11-26(12-10-24)32(28,29)19-16(2)22-30-17(19)3/h14H,4-13H2,1-3H3. The molecule has 2 aliphatic heterocycles. The highest BCUT2D eigenvalue weighted by Crippen LogP contribution is 2.24. The topological polar surface area (TPSA) is 103 Å². The number of carbonyl (C=O) groups excluding carboxylic acids is 1. The van der Waals surface area contributed by atoms with E-state index < -0.39 is 10.0 Å². The monoisotopic (exact) mass is 482 g/mol. The van der Waals surface area contributed by atoms with Crippen LogP contribution in [0, 0.1) is 20.8 Å². The number of nitrogens with zero attached hydrogens (tertiary/aromatic N) is 6. The van der Waals surface area contributed by atoms with E-state index in [2.05, 4.69) is 25.3 Å². The Balaban J connectivity index is 1.29. The Kier molecular flexibility index (Phi) is 6.84. The summed E-state index contributed by atoms with van der Waals surface area (Å²) >= 11 is 1.66. The second-order valence-electron chi connectivity index (χ2n) is 8.33. The molecule has 176 valence electrons. The number of anilines is 1. The molecule has 2 aromatic heterocycles. The van der Waals surface area contributed by atoms with E-state index in [4.69, 9.17) is 4.52 Å². The second kappa shape index (κ2) is 9.46. The predicted octanol–water partition coefficient (Wildman–Crippen LogP) is 1.10. The van der Waals surface area contributed by atoms with Crippen molar-refractivity contribution in [2.24, 2.45) is 0 Å². The zero-order valence-corrected chi connectivity index (χ0v) is 20.4. The second-order valence-corrected chi connectivity index (χ2v) is 11.0. The van der Waals surface area contributed by atoms with Crippen LogP contribution < -0.4 is 4.90 Å². The molecule has 4 rings (SSSR count). The number of thiazole rings is 1. The molecule has 32 heavy (non-hydrogen) atoms. The van der Waals surface area contributed by atoms with Gasteiger partial charge in [-0.25, -0.2) is 13.4 Å². The lowest BCUT2D eigenvalue weighted by atomic mass is 10.3. The SMILES string of the molecule is Cc1csc(N2CCCN(CC(=O)N3CCN(S(=O)(=O)c4c(C)noc4C)CC3)CC2)n1. The van der Waals surface area contributed by atoms with E-state index >= 15 is 0 Å². The Morgan fingerprint density at radius 2 is 1.81 bits per heavy atom. The third-order valence-corrected chi connectivity index (χ3v) is 9.14. The summed E-state index contributed by atoms with van der Waals surface area (Å²) in [5.74, 6) is 0.349. The molecular weight excluding hydrogens is 452 g/mol. The molecule has 2 saturated heterocycles. The van der Waals surface area contributed by atoms with E-state index in [-0.39, 0.29) is 23.9 Å². The summed E-state index contributed by atoms with van der Waals surface area (Å²) in [7, 11) is -3.67. The van der Waals surface area contributed by atoms with Crippen molar-refractivity contribution < 1.29 is 17.7 Å². The van der Waals surface area contributed by atoms with E-state index in [1.54, 1.807) is 30.1 Å². The van der Waals surface area contributed by atoms with Crippen molar-refractivity contribution in [3.8, 4) is 0 Å². The van der Waals surface area contributed by atoms with E-state index in [0.717, 1.165) is 43.4 Å². The summed E-state index contributed by atoms with van der Waals surface area (Å²) in [6, 6.07) is 0. The van der Waals surface area contributed by atoms with Crippen LogP contribution in [-0.4, -0.2) is 97.5 Å². The molecule has 0 aliphatic carbocycles. The first-order chi connectivity index (χ1) is 15.3. The van der Waals surface area contributed by atoms with Crippen molar-refractivity contribution >= 4 is 32.4 Å². The highest BCUT2D eigenvalue weighted by atomic mass is 32.2. The van der Waals surface area contributed by atoms with Crippen LogP contribution in [0.1, 0.15) is 23.6 Å². The molecule has 2 aliphatic rings. The first-order valence-corrected chi connectivity index (χ1v) is 13.2. The molecule has 0 spiro atoms. The van der Waals surface area contributed by atoms with Gasteiger partial charge >= 0.3 is 0 Å². The molecule has 12 heteroatoms. The summed E-state index contributed by atoms with van der Waals surface area (Å²) in [6.07, 6.45) is 0.982. The van der Waals surface area contributed by atoms with Crippen LogP contribution in [0.15, 0.2) is 14.8 Å². The number of amides is 1.